The van der Waals surface area contributed by atoms with Gasteiger partial charge in [0.25, 0.3) is 11.5 Å². The summed E-state index contributed by atoms with van der Waals surface area (Å²) in [4.78, 5) is 35.2. The number of carbonyl (C=O) groups excluding carboxylic acids is 1. The highest BCUT2D eigenvalue weighted by molar-refractivity contribution is 5.98. The van der Waals surface area contributed by atoms with Gasteiger partial charge in [0.15, 0.2) is 0 Å². The summed E-state index contributed by atoms with van der Waals surface area (Å²) in [5.41, 5.74) is 4.99. The lowest BCUT2D eigenvalue weighted by Gasteiger charge is -2.31. The largest absolute Gasteiger partial charge is 0.324 e. The van der Waals surface area contributed by atoms with Crippen LogP contribution in [-0.4, -0.2) is 20.4 Å². The van der Waals surface area contributed by atoms with Crippen LogP contribution in [0.3, 0.4) is 0 Å². The summed E-state index contributed by atoms with van der Waals surface area (Å²) in [5.74, 6) is 0.392. The van der Waals surface area contributed by atoms with Gasteiger partial charge in [-0.1, -0.05) is 78.9 Å². The fourth-order valence-electron chi connectivity index (χ4n) is 5.34. The molecule has 6 aromatic rings. The first-order valence-electron chi connectivity index (χ1n) is 13.8. The highest BCUT2D eigenvalue weighted by atomic mass is 16.2. The van der Waals surface area contributed by atoms with E-state index in [1.807, 2.05) is 135 Å². The molecule has 0 aliphatic heterocycles. The Balaban J connectivity index is 1.54. The lowest BCUT2D eigenvalue weighted by Crippen LogP contribution is -2.37. The van der Waals surface area contributed by atoms with Crippen LogP contribution in [0.1, 0.15) is 45.8 Å². The second kappa shape index (κ2) is 10.9. The third kappa shape index (κ3) is 5.03. The van der Waals surface area contributed by atoms with E-state index in [9.17, 15) is 9.59 Å². The molecule has 0 aliphatic rings. The minimum Gasteiger partial charge on any atom is -0.324 e. The number of fused-ring (bicyclic) bond motifs is 2. The number of hydrogen-bond donors (Lipinski definition) is 0. The Morgan fingerprint density at radius 3 is 2.27 bits per heavy atom. The monoisotopic (exact) mass is 537 g/mol. The van der Waals surface area contributed by atoms with E-state index >= 15 is 0 Å². The van der Waals surface area contributed by atoms with Crippen LogP contribution in [0.4, 0.5) is 0 Å². The molecule has 0 spiro atoms. The minimum absolute atomic E-state index is 0.124. The maximum atomic E-state index is 14.3. The topological polar surface area (TPSA) is 55.2 Å². The van der Waals surface area contributed by atoms with Crippen molar-refractivity contribution in [2.24, 2.45) is 0 Å². The van der Waals surface area contributed by atoms with Crippen LogP contribution in [0, 0.1) is 13.8 Å². The Kier molecular flexibility index (Phi) is 6.94. The van der Waals surface area contributed by atoms with Gasteiger partial charge < -0.3 is 4.90 Å². The number of para-hydroxylation sites is 1. The molecule has 0 fully saturated rings. The number of aryl methyl sites for hydroxylation is 2. The molecule has 6 rings (SSSR count). The van der Waals surface area contributed by atoms with Crippen molar-refractivity contribution in [3.8, 4) is 5.69 Å². The lowest BCUT2D eigenvalue weighted by molar-refractivity contribution is 0.0664. The van der Waals surface area contributed by atoms with Gasteiger partial charge in [-0.2, -0.15) is 0 Å². The average Bonchev–Trinajstić information content (AvgIpc) is 3.01. The predicted molar refractivity (Wildman–Crippen MR) is 165 cm³/mol. The van der Waals surface area contributed by atoms with Gasteiger partial charge in [-0.15, -0.1) is 0 Å². The molecule has 0 aliphatic carbocycles. The van der Waals surface area contributed by atoms with E-state index in [2.05, 4.69) is 0 Å². The molecule has 1 atom stereocenters. The van der Waals surface area contributed by atoms with E-state index in [1.54, 1.807) is 10.6 Å². The van der Waals surface area contributed by atoms with Gasteiger partial charge in [0, 0.05) is 12.1 Å². The Labute approximate surface area is 239 Å². The molecule has 0 bridgehead atoms. The van der Waals surface area contributed by atoms with Crippen molar-refractivity contribution in [3.05, 3.63) is 154 Å². The maximum absolute atomic E-state index is 14.3. The summed E-state index contributed by atoms with van der Waals surface area (Å²) in [6.45, 7) is 6.40. The molecule has 1 amide bonds. The van der Waals surface area contributed by atoms with Crippen LogP contribution < -0.4 is 5.56 Å². The summed E-state index contributed by atoms with van der Waals surface area (Å²) in [7, 11) is 0. The normalized spacial score (nSPS) is 12.0. The molecule has 202 valence electrons. The van der Waals surface area contributed by atoms with Gasteiger partial charge in [-0.25, -0.2) is 4.98 Å². The number of amides is 1. The number of benzene rings is 5. The molecule has 1 aromatic heterocycles. The smallest absolute Gasteiger partial charge is 0.266 e. The zero-order valence-corrected chi connectivity index (χ0v) is 23.4. The SMILES string of the molecule is Cc1ccc(-n2c(C(C)N(Cc3ccccc3)C(=O)c3ccc4ccccc4c3)nc3ccccc3c2=O)cc1C. The Morgan fingerprint density at radius 1 is 0.780 bits per heavy atom. The van der Waals surface area contributed by atoms with Crippen LogP contribution in [0.15, 0.2) is 120 Å². The van der Waals surface area contributed by atoms with Crippen molar-refractivity contribution in [1.29, 1.82) is 0 Å². The first-order chi connectivity index (χ1) is 19.9. The number of carbonyl (C=O) groups is 1. The second-order valence-corrected chi connectivity index (χ2v) is 10.6. The third-order valence-electron chi connectivity index (χ3n) is 7.84. The van der Waals surface area contributed by atoms with Gasteiger partial charge >= 0.3 is 0 Å². The summed E-state index contributed by atoms with van der Waals surface area (Å²) in [6, 6.07) is 36.6. The molecule has 1 unspecified atom stereocenters. The summed E-state index contributed by atoms with van der Waals surface area (Å²) >= 11 is 0. The number of nitrogens with zero attached hydrogens (tertiary/aromatic N) is 3. The van der Waals surface area contributed by atoms with Crippen LogP contribution in [0.2, 0.25) is 0 Å². The molecule has 5 aromatic carbocycles. The molecule has 41 heavy (non-hydrogen) atoms. The van der Waals surface area contributed by atoms with Gasteiger partial charge in [0.1, 0.15) is 5.82 Å². The van der Waals surface area contributed by atoms with Crippen molar-refractivity contribution in [2.45, 2.75) is 33.4 Å². The van der Waals surface area contributed by atoms with Crippen molar-refractivity contribution >= 4 is 27.6 Å². The number of hydrogen-bond acceptors (Lipinski definition) is 3. The summed E-state index contributed by atoms with van der Waals surface area (Å²) in [6.07, 6.45) is 0. The zero-order chi connectivity index (χ0) is 28.5. The van der Waals surface area contributed by atoms with Crippen LogP contribution >= 0.6 is 0 Å². The fourth-order valence-corrected chi connectivity index (χ4v) is 5.34. The summed E-state index contributed by atoms with van der Waals surface area (Å²) < 4.78 is 1.67. The minimum atomic E-state index is -0.520. The summed E-state index contributed by atoms with van der Waals surface area (Å²) in [5, 5.41) is 2.62. The van der Waals surface area contributed by atoms with Crippen molar-refractivity contribution in [2.75, 3.05) is 0 Å². The van der Waals surface area contributed by atoms with Crippen molar-refractivity contribution in [1.82, 2.24) is 14.5 Å². The highest BCUT2D eigenvalue weighted by Crippen LogP contribution is 2.28. The molecular formula is C36H31N3O2. The van der Waals surface area contributed by atoms with Gasteiger partial charge in [-0.3, -0.25) is 14.2 Å². The van der Waals surface area contributed by atoms with Gasteiger partial charge in [-0.05, 0) is 84.6 Å². The number of aromatic nitrogens is 2. The van der Waals surface area contributed by atoms with E-state index in [4.69, 9.17) is 4.98 Å². The highest BCUT2D eigenvalue weighted by Gasteiger charge is 2.28. The van der Waals surface area contributed by atoms with E-state index in [0.29, 0.717) is 28.8 Å². The van der Waals surface area contributed by atoms with Crippen LogP contribution in [-0.2, 0) is 6.54 Å². The molecular weight excluding hydrogens is 506 g/mol. The standard InChI is InChI=1S/C36H31N3O2/c1-24-17-20-31(21-25(24)2)39-34(37-33-16-10-9-15-32(33)36(39)41)26(3)38(23-27-11-5-4-6-12-27)35(40)30-19-18-28-13-7-8-14-29(28)22-30/h4-22,26H,23H2,1-3H3. The van der Waals surface area contributed by atoms with E-state index in [0.717, 1.165) is 33.2 Å². The van der Waals surface area contributed by atoms with Crippen molar-refractivity contribution in [3.63, 3.8) is 0 Å². The quantitative estimate of drug-likeness (QED) is 0.220. The van der Waals surface area contributed by atoms with E-state index < -0.39 is 6.04 Å². The predicted octanol–water partition coefficient (Wildman–Crippen LogP) is 7.56. The number of rotatable bonds is 6. The second-order valence-electron chi connectivity index (χ2n) is 10.6. The molecule has 1 heterocycles. The molecule has 5 nitrogen and oxygen atoms in total. The Hall–Kier alpha value is -5.03. The van der Waals surface area contributed by atoms with E-state index in [-0.39, 0.29) is 11.5 Å². The molecule has 0 saturated heterocycles. The Morgan fingerprint density at radius 2 is 1.49 bits per heavy atom. The molecule has 0 radical (unpaired) electrons. The lowest BCUT2D eigenvalue weighted by atomic mass is 10.0. The third-order valence-corrected chi connectivity index (χ3v) is 7.84. The first kappa shape index (κ1) is 26.2. The fraction of sp³-hybridized carbons (Fsp3) is 0.139. The Bertz CT molecular complexity index is 1960. The van der Waals surface area contributed by atoms with Crippen LogP contribution in [0.5, 0.6) is 0 Å². The van der Waals surface area contributed by atoms with Gasteiger partial charge in [0.2, 0.25) is 0 Å². The molecule has 0 N–H and O–H groups in total. The molecule has 0 saturated carbocycles. The average molecular weight is 538 g/mol. The first-order valence-corrected chi connectivity index (χ1v) is 13.8. The van der Waals surface area contributed by atoms with Gasteiger partial charge in [0.05, 0.1) is 22.6 Å². The molecule has 5 heteroatoms. The zero-order valence-electron chi connectivity index (χ0n) is 23.4. The van der Waals surface area contributed by atoms with Crippen LogP contribution in [0.25, 0.3) is 27.4 Å². The van der Waals surface area contributed by atoms with E-state index in [1.165, 1.54) is 0 Å². The maximum Gasteiger partial charge on any atom is 0.266 e. The van der Waals surface area contributed by atoms with Crippen molar-refractivity contribution < 1.29 is 4.79 Å².